The molecule has 3 N–H and O–H groups in total. The van der Waals surface area contributed by atoms with Crippen LogP contribution in [0.1, 0.15) is 19.4 Å². The molecule has 0 aromatic heterocycles. The molecule has 2 aromatic carbocycles. The molecule has 0 saturated carbocycles. The Labute approximate surface area is 124 Å². The van der Waals surface area contributed by atoms with E-state index in [4.69, 9.17) is 10.5 Å². The highest BCUT2D eigenvalue weighted by molar-refractivity contribution is 5.89. The Morgan fingerprint density at radius 2 is 1.76 bits per heavy atom. The van der Waals surface area contributed by atoms with E-state index in [1.54, 1.807) is 6.92 Å². The van der Waals surface area contributed by atoms with E-state index in [1.807, 2.05) is 61.5 Å². The Morgan fingerprint density at radius 3 is 2.38 bits per heavy atom. The van der Waals surface area contributed by atoms with Gasteiger partial charge in [-0.25, -0.2) is 0 Å². The molecule has 1 amide bonds. The number of carbonyl (C=O) groups is 1. The Kier molecular flexibility index (Phi) is 4.48. The van der Waals surface area contributed by atoms with Gasteiger partial charge in [-0.1, -0.05) is 36.4 Å². The smallest absolute Gasteiger partial charge is 0.247 e. The van der Waals surface area contributed by atoms with Crippen molar-refractivity contribution >= 4 is 11.6 Å². The lowest BCUT2D eigenvalue weighted by Gasteiger charge is -2.30. The van der Waals surface area contributed by atoms with Gasteiger partial charge in [-0.15, -0.1) is 0 Å². The molecule has 0 spiro atoms. The number of primary amides is 1. The predicted octanol–water partition coefficient (Wildman–Crippen LogP) is 2.90. The normalized spacial score (nSPS) is 13.2. The van der Waals surface area contributed by atoms with E-state index in [2.05, 4.69) is 5.32 Å². The summed E-state index contributed by atoms with van der Waals surface area (Å²) in [5.74, 6) is 0.197. The third-order valence-corrected chi connectivity index (χ3v) is 3.39. The molecule has 0 heterocycles. The number of nitrogens with two attached hydrogens (primary N) is 1. The first-order valence-electron chi connectivity index (χ1n) is 6.93. The van der Waals surface area contributed by atoms with E-state index < -0.39 is 11.4 Å². The molecule has 4 heteroatoms. The van der Waals surface area contributed by atoms with Crippen molar-refractivity contribution in [2.24, 2.45) is 5.73 Å². The molecule has 2 aromatic rings. The van der Waals surface area contributed by atoms with Gasteiger partial charge in [-0.05, 0) is 32.0 Å². The van der Waals surface area contributed by atoms with Gasteiger partial charge in [0.1, 0.15) is 11.3 Å². The number of nitrogens with one attached hydrogen (secondary N) is 1. The van der Waals surface area contributed by atoms with Crippen molar-refractivity contribution in [1.82, 2.24) is 0 Å². The maximum atomic E-state index is 12.1. The first-order valence-corrected chi connectivity index (χ1v) is 6.93. The number of ether oxygens (including phenoxy) is 1. The second-order valence-corrected chi connectivity index (χ2v) is 4.91. The molecule has 21 heavy (non-hydrogen) atoms. The van der Waals surface area contributed by atoms with Crippen LogP contribution < -0.4 is 15.8 Å². The van der Waals surface area contributed by atoms with Crippen molar-refractivity contribution in [3.63, 3.8) is 0 Å². The minimum absolute atomic E-state index is 0.460. The number of benzene rings is 2. The van der Waals surface area contributed by atoms with Crippen LogP contribution in [-0.2, 0) is 10.3 Å². The van der Waals surface area contributed by atoms with Gasteiger partial charge >= 0.3 is 0 Å². The first kappa shape index (κ1) is 14.9. The monoisotopic (exact) mass is 284 g/mol. The largest absolute Gasteiger partial charge is 0.493 e. The zero-order valence-electron chi connectivity index (χ0n) is 12.3. The zero-order chi connectivity index (χ0) is 15.3. The van der Waals surface area contributed by atoms with Crippen molar-refractivity contribution in [1.29, 1.82) is 0 Å². The van der Waals surface area contributed by atoms with Crippen LogP contribution in [-0.4, -0.2) is 12.5 Å². The SMILES string of the molecule is CCOc1ccccc1C(C)(Nc1ccccc1)C(N)=O. The van der Waals surface area contributed by atoms with Crippen molar-refractivity contribution in [2.45, 2.75) is 19.4 Å². The fraction of sp³-hybridized carbons (Fsp3) is 0.235. The van der Waals surface area contributed by atoms with Crippen LogP contribution in [0.15, 0.2) is 54.6 Å². The van der Waals surface area contributed by atoms with E-state index in [0.29, 0.717) is 12.4 Å². The molecule has 2 rings (SSSR count). The summed E-state index contributed by atoms with van der Waals surface area (Å²) in [5.41, 5.74) is 6.16. The summed E-state index contributed by atoms with van der Waals surface area (Å²) in [4.78, 5) is 12.1. The molecule has 0 aliphatic carbocycles. The van der Waals surface area contributed by atoms with Crippen molar-refractivity contribution in [3.8, 4) is 5.75 Å². The summed E-state index contributed by atoms with van der Waals surface area (Å²) in [7, 11) is 0. The molecule has 4 nitrogen and oxygen atoms in total. The molecule has 1 unspecified atom stereocenters. The molecular formula is C17H20N2O2. The average molecular weight is 284 g/mol. The number of hydrogen-bond donors (Lipinski definition) is 2. The van der Waals surface area contributed by atoms with Crippen LogP contribution in [0.5, 0.6) is 5.75 Å². The molecule has 110 valence electrons. The Morgan fingerprint density at radius 1 is 1.14 bits per heavy atom. The number of hydrogen-bond acceptors (Lipinski definition) is 3. The number of anilines is 1. The zero-order valence-corrected chi connectivity index (χ0v) is 12.3. The third kappa shape index (κ3) is 3.16. The van der Waals surface area contributed by atoms with Crippen LogP contribution in [0.3, 0.4) is 0 Å². The highest BCUT2D eigenvalue weighted by atomic mass is 16.5. The summed E-state index contributed by atoms with van der Waals surface area (Å²) < 4.78 is 5.62. The van der Waals surface area contributed by atoms with Gasteiger partial charge in [0.25, 0.3) is 0 Å². The van der Waals surface area contributed by atoms with E-state index in [0.717, 1.165) is 11.3 Å². The van der Waals surface area contributed by atoms with E-state index in [1.165, 1.54) is 0 Å². The molecule has 0 fully saturated rings. The standard InChI is InChI=1S/C17H20N2O2/c1-3-21-15-12-8-7-11-14(15)17(2,16(18)20)19-13-9-5-4-6-10-13/h4-12,19H,3H2,1-2H3,(H2,18,20). The first-order chi connectivity index (χ1) is 10.1. The minimum atomic E-state index is -1.05. The fourth-order valence-electron chi connectivity index (χ4n) is 2.23. The predicted molar refractivity (Wildman–Crippen MR) is 84.2 cm³/mol. The van der Waals surface area contributed by atoms with Gasteiger partial charge in [0.15, 0.2) is 0 Å². The van der Waals surface area contributed by atoms with Gasteiger partial charge in [0.2, 0.25) is 5.91 Å². The molecule has 0 radical (unpaired) electrons. The van der Waals surface area contributed by atoms with Crippen molar-refractivity contribution < 1.29 is 9.53 Å². The van der Waals surface area contributed by atoms with Crippen LogP contribution >= 0.6 is 0 Å². The Bertz CT molecular complexity index is 613. The maximum absolute atomic E-state index is 12.1. The second-order valence-electron chi connectivity index (χ2n) is 4.91. The lowest BCUT2D eigenvalue weighted by molar-refractivity contribution is -0.122. The highest BCUT2D eigenvalue weighted by Crippen LogP contribution is 2.33. The minimum Gasteiger partial charge on any atom is -0.493 e. The van der Waals surface area contributed by atoms with Gasteiger partial charge in [-0.2, -0.15) is 0 Å². The molecule has 0 bridgehead atoms. The quantitative estimate of drug-likeness (QED) is 0.857. The highest BCUT2D eigenvalue weighted by Gasteiger charge is 2.35. The van der Waals surface area contributed by atoms with Crippen LogP contribution in [0.4, 0.5) is 5.69 Å². The van der Waals surface area contributed by atoms with Crippen molar-refractivity contribution in [2.75, 3.05) is 11.9 Å². The van der Waals surface area contributed by atoms with Crippen LogP contribution in [0, 0.1) is 0 Å². The fourth-order valence-corrected chi connectivity index (χ4v) is 2.23. The topological polar surface area (TPSA) is 64.3 Å². The maximum Gasteiger partial charge on any atom is 0.247 e. The lowest BCUT2D eigenvalue weighted by Crippen LogP contribution is -2.45. The van der Waals surface area contributed by atoms with Crippen LogP contribution in [0.2, 0.25) is 0 Å². The molecule has 0 aliphatic heterocycles. The Hall–Kier alpha value is -2.49. The third-order valence-electron chi connectivity index (χ3n) is 3.39. The lowest BCUT2D eigenvalue weighted by atomic mass is 9.90. The van der Waals surface area contributed by atoms with Gasteiger partial charge in [0.05, 0.1) is 6.61 Å². The Balaban J connectivity index is 2.45. The summed E-state index contributed by atoms with van der Waals surface area (Å²) >= 11 is 0. The van der Waals surface area contributed by atoms with Gasteiger partial charge in [-0.3, -0.25) is 4.79 Å². The number of carbonyl (C=O) groups excluding carboxylic acids is 1. The number of rotatable bonds is 6. The number of amides is 1. The second kappa shape index (κ2) is 6.31. The van der Waals surface area contributed by atoms with E-state index in [-0.39, 0.29) is 0 Å². The molecule has 0 aliphatic rings. The average Bonchev–Trinajstić information content (AvgIpc) is 2.49. The summed E-state index contributed by atoms with van der Waals surface area (Å²) in [5, 5.41) is 3.22. The number of para-hydroxylation sites is 2. The van der Waals surface area contributed by atoms with Gasteiger partial charge < -0.3 is 15.8 Å². The summed E-state index contributed by atoms with van der Waals surface area (Å²) in [6.07, 6.45) is 0. The van der Waals surface area contributed by atoms with Crippen molar-refractivity contribution in [3.05, 3.63) is 60.2 Å². The summed E-state index contributed by atoms with van der Waals surface area (Å²) in [6, 6.07) is 16.9. The summed E-state index contributed by atoms with van der Waals surface area (Å²) in [6.45, 7) is 4.19. The van der Waals surface area contributed by atoms with Gasteiger partial charge in [0, 0.05) is 11.3 Å². The molecule has 1 atom stereocenters. The molecular weight excluding hydrogens is 264 g/mol. The van der Waals surface area contributed by atoms with Crippen LogP contribution in [0.25, 0.3) is 0 Å². The van der Waals surface area contributed by atoms with E-state index >= 15 is 0 Å². The molecule has 0 saturated heterocycles. The van der Waals surface area contributed by atoms with E-state index in [9.17, 15) is 4.79 Å².